The lowest BCUT2D eigenvalue weighted by atomic mass is 9.96. The molecule has 134 valence electrons. The van der Waals surface area contributed by atoms with Gasteiger partial charge in [0.15, 0.2) is 0 Å². The van der Waals surface area contributed by atoms with Crippen LogP contribution in [0.15, 0.2) is 30.3 Å². The Bertz CT molecular complexity index is 661. The number of carbonyl (C=O) groups is 3. The molecule has 2 heterocycles. The number of carbonyl (C=O) groups excluding carboxylic acids is 2. The van der Waals surface area contributed by atoms with Gasteiger partial charge in [-0.25, -0.2) is 0 Å². The number of benzene rings is 1. The van der Waals surface area contributed by atoms with Crippen LogP contribution in [0, 0.1) is 17.8 Å². The maximum absolute atomic E-state index is 12.8. The molecule has 3 atom stereocenters. The Hall–Kier alpha value is -2.37. The highest BCUT2D eigenvalue weighted by atomic mass is 16.4. The van der Waals surface area contributed by atoms with Crippen molar-refractivity contribution in [2.75, 3.05) is 26.2 Å². The van der Waals surface area contributed by atoms with E-state index in [1.165, 1.54) is 0 Å². The van der Waals surface area contributed by atoms with Crippen molar-refractivity contribution in [3.63, 3.8) is 0 Å². The molecule has 0 radical (unpaired) electrons. The fraction of sp³-hybridized carbons (Fsp3) is 0.526. The first-order valence-electron chi connectivity index (χ1n) is 8.83. The van der Waals surface area contributed by atoms with Crippen molar-refractivity contribution in [2.24, 2.45) is 17.8 Å². The van der Waals surface area contributed by atoms with Crippen molar-refractivity contribution in [3.8, 4) is 0 Å². The number of hydrogen-bond acceptors (Lipinski definition) is 3. The van der Waals surface area contributed by atoms with Crippen LogP contribution in [-0.4, -0.2) is 58.9 Å². The molecule has 0 bridgehead atoms. The molecule has 0 spiro atoms. The van der Waals surface area contributed by atoms with Gasteiger partial charge in [0.05, 0.1) is 11.8 Å². The molecule has 1 aromatic rings. The largest absolute Gasteiger partial charge is 0.481 e. The van der Waals surface area contributed by atoms with Crippen LogP contribution in [-0.2, 0) is 9.59 Å². The average molecular weight is 344 g/mol. The van der Waals surface area contributed by atoms with Gasteiger partial charge < -0.3 is 14.9 Å². The summed E-state index contributed by atoms with van der Waals surface area (Å²) in [5.41, 5.74) is 0.635. The summed E-state index contributed by atoms with van der Waals surface area (Å²) in [6, 6.07) is 9.10. The van der Waals surface area contributed by atoms with Gasteiger partial charge in [0.2, 0.25) is 5.91 Å². The molecule has 0 saturated carbocycles. The van der Waals surface area contributed by atoms with Gasteiger partial charge in [0, 0.05) is 31.7 Å². The van der Waals surface area contributed by atoms with Crippen LogP contribution < -0.4 is 0 Å². The van der Waals surface area contributed by atoms with E-state index in [0.29, 0.717) is 25.2 Å². The smallest absolute Gasteiger partial charge is 0.308 e. The molecular weight excluding hydrogens is 320 g/mol. The van der Waals surface area contributed by atoms with Crippen molar-refractivity contribution in [2.45, 2.75) is 19.8 Å². The Balaban J connectivity index is 1.64. The topological polar surface area (TPSA) is 77.9 Å². The van der Waals surface area contributed by atoms with Crippen molar-refractivity contribution < 1.29 is 19.5 Å². The molecule has 6 nitrogen and oxygen atoms in total. The minimum atomic E-state index is -0.840. The first kappa shape index (κ1) is 17.5. The summed E-state index contributed by atoms with van der Waals surface area (Å²) in [6.07, 6.45) is 1.54. The number of carboxylic acid groups (broad SMARTS) is 1. The van der Waals surface area contributed by atoms with Gasteiger partial charge in [-0.2, -0.15) is 0 Å². The second-order valence-electron chi connectivity index (χ2n) is 7.12. The van der Waals surface area contributed by atoms with E-state index in [9.17, 15) is 19.5 Å². The summed E-state index contributed by atoms with van der Waals surface area (Å²) in [6.45, 7) is 3.70. The Morgan fingerprint density at radius 3 is 2.40 bits per heavy atom. The first-order chi connectivity index (χ1) is 12.0. The number of aliphatic carboxylic acids is 1. The van der Waals surface area contributed by atoms with Gasteiger partial charge in [-0.05, 0) is 30.9 Å². The Morgan fingerprint density at radius 1 is 1.04 bits per heavy atom. The van der Waals surface area contributed by atoms with E-state index < -0.39 is 11.9 Å². The van der Waals surface area contributed by atoms with Gasteiger partial charge in [0.25, 0.3) is 5.91 Å². The number of carboxylic acids is 1. The molecule has 25 heavy (non-hydrogen) atoms. The fourth-order valence-electron chi connectivity index (χ4n) is 3.85. The molecule has 1 unspecified atom stereocenters. The monoisotopic (exact) mass is 344 g/mol. The quantitative estimate of drug-likeness (QED) is 0.906. The van der Waals surface area contributed by atoms with E-state index in [-0.39, 0.29) is 30.2 Å². The lowest BCUT2D eigenvalue weighted by molar-refractivity contribution is -0.142. The van der Waals surface area contributed by atoms with Crippen molar-refractivity contribution in [1.29, 1.82) is 0 Å². The van der Waals surface area contributed by atoms with Crippen molar-refractivity contribution in [1.82, 2.24) is 9.80 Å². The van der Waals surface area contributed by atoms with Crippen molar-refractivity contribution in [3.05, 3.63) is 35.9 Å². The maximum Gasteiger partial charge on any atom is 0.308 e. The van der Waals surface area contributed by atoms with Crippen LogP contribution in [0.25, 0.3) is 0 Å². The van der Waals surface area contributed by atoms with Crippen LogP contribution >= 0.6 is 0 Å². The molecular formula is C19H24N2O4. The predicted octanol–water partition coefficient (Wildman–Crippen LogP) is 1.72. The number of amides is 2. The molecule has 6 heteroatoms. The summed E-state index contributed by atoms with van der Waals surface area (Å²) in [4.78, 5) is 40.1. The second kappa shape index (κ2) is 7.25. The number of hydrogen-bond donors (Lipinski definition) is 1. The Labute approximate surface area is 147 Å². The Morgan fingerprint density at radius 2 is 1.76 bits per heavy atom. The Kier molecular flexibility index (Phi) is 5.06. The fourth-order valence-corrected chi connectivity index (χ4v) is 3.85. The van der Waals surface area contributed by atoms with E-state index in [1.54, 1.807) is 21.9 Å². The molecule has 2 fully saturated rings. The first-order valence-corrected chi connectivity index (χ1v) is 8.83. The molecule has 0 aliphatic carbocycles. The van der Waals surface area contributed by atoms with E-state index >= 15 is 0 Å². The number of rotatable bonds is 3. The summed E-state index contributed by atoms with van der Waals surface area (Å²) in [7, 11) is 0. The summed E-state index contributed by atoms with van der Waals surface area (Å²) in [5.74, 6) is -1.66. The summed E-state index contributed by atoms with van der Waals surface area (Å²) in [5, 5.41) is 9.24. The zero-order valence-electron chi connectivity index (χ0n) is 14.4. The van der Waals surface area contributed by atoms with Gasteiger partial charge in [0.1, 0.15) is 0 Å². The second-order valence-corrected chi connectivity index (χ2v) is 7.12. The molecule has 2 aliphatic rings. The number of likely N-dealkylation sites (tertiary alicyclic amines) is 2. The zero-order valence-corrected chi connectivity index (χ0v) is 14.4. The third kappa shape index (κ3) is 3.67. The van der Waals surface area contributed by atoms with Gasteiger partial charge in [-0.1, -0.05) is 25.1 Å². The lowest BCUT2D eigenvalue weighted by Gasteiger charge is -2.34. The summed E-state index contributed by atoms with van der Waals surface area (Å²) >= 11 is 0. The van der Waals surface area contributed by atoms with E-state index in [2.05, 4.69) is 0 Å². The normalized spacial score (nSPS) is 26.5. The molecule has 0 aromatic heterocycles. The molecule has 2 amide bonds. The van der Waals surface area contributed by atoms with Crippen LogP contribution in [0.3, 0.4) is 0 Å². The van der Waals surface area contributed by atoms with E-state index in [1.807, 2.05) is 25.1 Å². The highest BCUT2D eigenvalue weighted by molar-refractivity contribution is 5.94. The number of piperidine rings is 1. The lowest BCUT2D eigenvalue weighted by Crippen LogP contribution is -2.46. The minimum Gasteiger partial charge on any atom is -0.481 e. The zero-order chi connectivity index (χ0) is 18.0. The number of nitrogens with zero attached hydrogens (tertiary/aromatic N) is 2. The van der Waals surface area contributed by atoms with Gasteiger partial charge in [-0.3, -0.25) is 14.4 Å². The third-order valence-corrected chi connectivity index (χ3v) is 5.32. The predicted molar refractivity (Wildman–Crippen MR) is 91.9 cm³/mol. The third-order valence-electron chi connectivity index (χ3n) is 5.32. The van der Waals surface area contributed by atoms with Crippen LogP contribution in [0.1, 0.15) is 30.1 Å². The van der Waals surface area contributed by atoms with E-state index in [4.69, 9.17) is 0 Å². The maximum atomic E-state index is 12.8. The molecule has 2 aliphatic heterocycles. The highest BCUT2D eigenvalue weighted by Crippen LogP contribution is 2.27. The summed E-state index contributed by atoms with van der Waals surface area (Å²) < 4.78 is 0. The minimum absolute atomic E-state index is 0.0128. The van der Waals surface area contributed by atoms with Gasteiger partial charge >= 0.3 is 5.97 Å². The average Bonchev–Trinajstić information content (AvgIpc) is 3.03. The SMILES string of the molecule is C[C@@H]1CN(C(=O)C2CCCN(C(=O)c3ccccc3)C2)C[C@H]1C(=O)O. The van der Waals surface area contributed by atoms with Crippen LogP contribution in [0.5, 0.6) is 0 Å². The molecule has 2 saturated heterocycles. The highest BCUT2D eigenvalue weighted by Gasteiger charge is 2.40. The molecule has 1 aromatic carbocycles. The molecule has 3 rings (SSSR count). The van der Waals surface area contributed by atoms with Crippen molar-refractivity contribution >= 4 is 17.8 Å². The van der Waals surface area contributed by atoms with Gasteiger partial charge in [-0.15, -0.1) is 0 Å². The van der Waals surface area contributed by atoms with Crippen LogP contribution in [0.2, 0.25) is 0 Å². The molecule has 1 N–H and O–H groups in total. The van der Waals surface area contributed by atoms with Crippen LogP contribution in [0.4, 0.5) is 0 Å². The van der Waals surface area contributed by atoms with E-state index in [0.717, 1.165) is 12.8 Å². The standard InChI is InChI=1S/C19H24N2O4/c1-13-10-21(12-16(13)19(24)25)18(23)15-8-5-9-20(11-15)17(22)14-6-3-2-4-7-14/h2-4,6-7,13,15-16H,5,8-12H2,1H3,(H,24,25)/t13-,15?,16-/m1/s1.